The summed E-state index contributed by atoms with van der Waals surface area (Å²) >= 11 is 0. The van der Waals surface area contributed by atoms with Gasteiger partial charge in [0.05, 0.1) is 5.56 Å². The van der Waals surface area contributed by atoms with Crippen LogP contribution in [0.25, 0.3) is 0 Å². The second-order valence-electron chi connectivity index (χ2n) is 6.74. The van der Waals surface area contributed by atoms with Crippen LogP contribution in [0.4, 0.5) is 0 Å². The van der Waals surface area contributed by atoms with E-state index in [0.29, 0.717) is 12.8 Å². The number of benzene rings is 1. The van der Waals surface area contributed by atoms with E-state index >= 15 is 0 Å². The predicted octanol–water partition coefficient (Wildman–Crippen LogP) is 4.25. The molecule has 0 aliphatic carbocycles. The lowest BCUT2D eigenvalue weighted by molar-refractivity contribution is -0.120. The Balaban J connectivity index is 2.41. The molecule has 0 heterocycles. The normalized spacial score (nSPS) is 12.7. The van der Waals surface area contributed by atoms with Gasteiger partial charge in [-0.3, -0.25) is 4.79 Å². The fraction of sp³-hybridized carbons (Fsp3) is 0.545. The zero-order chi connectivity index (χ0) is 19.4. The zero-order valence-corrected chi connectivity index (χ0v) is 15.8. The highest BCUT2D eigenvalue weighted by molar-refractivity contribution is 5.87. The van der Waals surface area contributed by atoms with E-state index in [1.54, 1.807) is 19.1 Å². The maximum absolute atomic E-state index is 11.8. The van der Waals surface area contributed by atoms with Crippen LogP contribution in [0.15, 0.2) is 24.3 Å². The van der Waals surface area contributed by atoms with Gasteiger partial charge in [-0.1, -0.05) is 43.7 Å². The van der Waals surface area contributed by atoms with Crippen LogP contribution in [-0.2, 0) is 11.2 Å². The Kier molecular flexibility index (Phi) is 10.3. The van der Waals surface area contributed by atoms with E-state index in [1.807, 2.05) is 12.1 Å². The fourth-order valence-electron chi connectivity index (χ4n) is 2.78. The molecule has 0 aliphatic heterocycles. The molecule has 0 fully saturated rings. The third-order valence-corrected chi connectivity index (χ3v) is 4.49. The number of carbonyl (C=O) groups is 2. The third kappa shape index (κ3) is 8.82. The number of rotatable bonds is 11. The Morgan fingerprint density at radius 1 is 1.08 bits per heavy atom. The summed E-state index contributed by atoms with van der Waals surface area (Å²) in [6.45, 7) is 3.71. The average Bonchev–Trinajstić information content (AvgIpc) is 2.61. The zero-order valence-electron chi connectivity index (χ0n) is 15.8. The van der Waals surface area contributed by atoms with Gasteiger partial charge >= 0.3 is 5.97 Å². The number of aromatic carboxylic acids is 1. The van der Waals surface area contributed by atoms with Crippen LogP contribution in [-0.4, -0.2) is 28.1 Å². The Labute approximate surface area is 156 Å². The van der Waals surface area contributed by atoms with Gasteiger partial charge in [-0.25, -0.2) is 4.79 Å². The van der Waals surface area contributed by atoms with Crippen LogP contribution in [0.2, 0.25) is 0 Å². The quantitative estimate of drug-likeness (QED) is 0.458. The van der Waals surface area contributed by atoms with E-state index in [9.17, 15) is 14.7 Å². The molecule has 2 N–H and O–H groups in total. The minimum absolute atomic E-state index is 0.108. The molecule has 0 saturated carbocycles. The highest BCUT2D eigenvalue weighted by Gasteiger charge is 2.13. The van der Waals surface area contributed by atoms with Crippen molar-refractivity contribution < 1.29 is 19.8 Å². The third-order valence-electron chi connectivity index (χ3n) is 4.49. The first-order chi connectivity index (χ1) is 12.4. The van der Waals surface area contributed by atoms with Crippen molar-refractivity contribution >= 4 is 11.8 Å². The van der Waals surface area contributed by atoms with Crippen LogP contribution in [0.1, 0.15) is 74.7 Å². The van der Waals surface area contributed by atoms with Gasteiger partial charge in [0.25, 0.3) is 0 Å². The molecule has 0 spiro atoms. The van der Waals surface area contributed by atoms with Gasteiger partial charge in [0.1, 0.15) is 11.9 Å². The maximum Gasteiger partial charge on any atom is 0.335 e. The second kappa shape index (κ2) is 12.3. The van der Waals surface area contributed by atoms with Crippen LogP contribution >= 0.6 is 0 Å². The molecule has 2 atom stereocenters. The standard InChI is InChI=1S/C22H30O4/c1-3-4-5-11-21(24)12-7-10-19(17(2)23)9-6-8-18-13-15-20(16-14-18)22(25)26/h13-16,19,21,24H,3-6,8-11H2,1-2H3,(H,25,26)/t19?,21-/m1/s1. The molecule has 1 aromatic rings. The molecule has 1 unspecified atom stereocenters. The SMILES string of the molecule is CCCCC[C@@H](O)C#CCC(CCCc1ccc(C(=O)O)cc1)C(C)=O. The summed E-state index contributed by atoms with van der Waals surface area (Å²) in [7, 11) is 0. The molecule has 1 aromatic carbocycles. The topological polar surface area (TPSA) is 74.6 Å². The van der Waals surface area contributed by atoms with Gasteiger partial charge < -0.3 is 10.2 Å². The molecule has 142 valence electrons. The van der Waals surface area contributed by atoms with Crippen molar-refractivity contribution in [3.05, 3.63) is 35.4 Å². The monoisotopic (exact) mass is 358 g/mol. The van der Waals surface area contributed by atoms with Crippen molar-refractivity contribution in [3.8, 4) is 11.8 Å². The fourth-order valence-corrected chi connectivity index (χ4v) is 2.78. The number of Topliss-reactive ketones (excluding diaryl/α,β-unsaturated/α-hetero) is 1. The Hall–Kier alpha value is -2.12. The largest absolute Gasteiger partial charge is 0.478 e. The van der Waals surface area contributed by atoms with Crippen LogP contribution in [0.5, 0.6) is 0 Å². The van der Waals surface area contributed by atoms with Crippen LogP contribution < -0.4 is 0 Å². The average molecular weight is 358 g/mol. The number of aryl methyl sites for hydroxylation is 1. The van der Waals surface area contributed by atoms with Crippen molar-refractivity contribution in [2.45, 2.75) is 71.3 Å². The summed E-state index contributed by atoms with van der Waals surface area (Å²) in [5.41, 5.74) is 1.35. The second-order valence-corrected chi connectivity index (χ2v) is 6.74. The molecule has 4 heteroatoms. The minimum Gasteiger partial charge on any atom is -0.478 e. The lowest BCUT2D eigenvalue weighted by Gasteiger charge is -2.10. The number of unbranched alkanes of at least 4 members (excludes halogenated alkanes) is 2. The Morgan fingerprint density at radius 2 is 1.77 bits per heavy atom. The molecule has 26 heavy (non-hydrogen) atoms. The minimum atomic E-state index is -0.927. The summed E-state index contributed by atoms with van der Waals surface area (Å²) in [5.74, 6) is 4.92. The van der Waals surface area contributed by atoms with Gasteiger partial charge in [0, 0.05) is 12.3 Å². The molecule has 0 bridgehead atoms. The van der Waals surface area contributed by atoms with Crippen LogP contribution in [0.3, 0.4) is 0 Å². The number of aliphatic hydroxyl groups is 1. The molecule has 0 aromatic heterocycles. The first kappa shape index (κ1) is 21.9. The van der Waals surface area contributed by atoms with E-state index in [0.717, 1.165) is 44.1 Å². The van der Waals surface area contributed by atoms with E-state index < -0.39 is 12.1 Å². The molecule has 0 saturated heterocycles. The predicted molar refractivity (Wildman–Crippen MR) is 103 cm³/mol. The van der Waals surface area contributed by atoms with Crippen LogP contribution in [0, 0.1) is 17.8 Å². The summed E-state index contributed by atoms with van der Waals surface area (Å²) in [4.78, 5) is 22.6. The van der Waals surface area contributed by atoms with Gasteiger partial charge in [0.15, 0.2) is 0 Å². The number of hydrogen-bond acceptors (Lipinski definition) is 3. The first-order valence-electron chi connectivity index (χ1n) is 9.43. The van der Waals surface area contributed by atoms with E-state index in [4.69, 9.17) is 5.11 Å². The van der Waals surface area contributed by atoms with Crippen molar-refractivity contribution in [3.63, 3.8) is 0 Å². The summed E-state index contributed by atoms with van der Waals surface area (Å²) in [5, 5.41) is 18.7. The molecular weight excluding hydrogens is 328 g/mol. The number of hydrogen-bond donors (Lipinski definition) is 2. The van der Waals surface area contributed by atoms with Crippen molar-refractivity contribution in [1.82, 2.24) is 0 Å². The Morgan fingerprint density at radius 3 is 2.35 bits per heavy atom. The summed E-state index contributed by atoms with van der Waals surface area (Å²) in [6, 6.07) is 6.84. The number of aliphatic hydroxyl groups excluding tert-OH is 1. The smallest absolute Gasteiger partial charge is 0.335 e. The van der Waals surface area contributed by atoms with Crippen molar-refractivity contribution in [1.29, 1.82) is 0 Å². The first-order valence-corrected chi connectivity index (χ1v) is 9.43. The lowest BCUT2D eigenvalue weighted by Crippen LogP contribution is -2.11. The highest BCUT2D eigenvalue weighted by Crippen LogP contribution is 2.16. The van der Waals surface area contributed by atoms with E-state index in [2.05, 4.69) is 18.8 Å². The summed E-state index contributed by atoms with van der Waals surface area (Å²) in [6.07, 6.45) is 6.17. The molecule has 4 nitrogen and oxygen atoms in total. The molecule has 0 aliphatic rings. The number of ketones is 1. The van der Waals surface area contributed by atoms with E-state index in [1.165, 1.54) is 0 Å². The molecule has 0 radical (unpaired) electrons. The van der Waals surface area contributed by atoms with Gasteiger partial charge in [-0.2, -0.15) is 0 Å². The number of carbonyl (C=O) groups excluding carboxylic acids is 1. The van der Waals surface area contributed by atoms with Gasteiger partial charge in [0.2, 0.25) is 0 Å². The molecule has 1 rings (SSSR count). The van der Waals surface area contributed by atoms with Gasteiger partial charge in [-0.05, 0) is 56.7 Å². The highest BCUT2D eigenvalue weighted by atomic mass is 16.4. The van der Waals surface area contributed by atoms with Gasteiger partial charge in [-0.15, -0.1) is 0 Å². The van der Waals surface area contributed by atoms with Crippen molar-refractivity contribution in [2.24, 2.45) is 5.92 Å². The number of carboxylic acid groups (broad SMARTS) is 1. The summed E-state index contributed by atoms with van der Waals surface area (Å²) < 4.78 is 0. The Bertz CT molecular complexity index is 622. The van der Waals surface area contributed by atoms with E-state index in [-0.39, 0.29) is 17.3 Å². The molecule has 0 amide bonds. The maximum atomic E-state index is 11.8. The van der Waals surface area contributed by atoms with Crippen molar-refractivity contribution in [2.75, 3.05) is 0 Å². The lowest BCUT2D eigenvalue weighted by atomic mass is 9.93. The number of carboxylic acids is 1. The molecular formula is C22H30O4.